The molecular weight excluding hydrogens is 283 g/mol. The number of anilines is 1. The molecule has 1 aromatic rings. The highest BCUT2D eigenvalue weighted by Crippen LogP contribution is 2.20. The van der Waals surface area contributed by atoms with E-state index in [9.17, 15) is 18.0 Å². The molecule has 0 spiro atoms. The molecule has 0 saturated carbocycles. The summed E-state index contributed by atoms with van der Waals surface area (Å²) in [5.74, 6) is -0.325. The molecule has 0 radical (unpaired) electrons. The number of hydrogen-bond acceptors (Lipinski definition) is 3. The molecule has 0 aromatic carbocycles. The van der Waals surface area contributed by atoms with Crippen LogP contribution in [0, 0.1) is 0 Å². The lowest BCUT2D eigenvalue weighted by molar-refractivity contribution is -0.140. The van der Waals surface area contributed by atoms with E-state index < -0.39 is 18.6 Å². The number of amides is 1. The molecule has 1 rings (SSSR count). The third-order valence-corrected chi connectivity index (χ3v) is 2.73. The van der Waals surface area contributed by atoms with Gasteiger partial charge in [-0.1, -0.05) is 13.8 Å². The Balaban J connectivity index is 2.97. The standard InChI is InChI=1S/C14H20F3N3O/c1-3-7-18-12-11(6-5-8-19-12)13(21)20(9-4-2)10-14(15,16)17/h5-6,8H,3-4,7,9-10H2,1-2H3,(H,18,19). The summed E-state index contributed by atoms with van der Waals surface area (Å²) in [6.45, 7) is 3.09. The van der Waals surface area contributed by atoms with Gasteiger partial charge in [-0.3, -0.25) is 4.79 Å². The number of nitrogens with zero attached hydrogens (tertiary/aromatic N) is 2. The topological polar surface area (TPSA) is 45.2 Å². The van der Waals surface area contributed by atoms with Crippen molar-refractivity contribution in [1.82, 2.24) is 9.88 Å². The van der Waals surface area contributed by atoms with Gasteiger partial charge in [0.15, 0.2) is 0 Å². The highest BCUT2D eigenvalue weighted by atomic mass is 19.4. The van der Waals surface area contributed by atoms with Gasteiger partial charge in [0.25, 0.3) is 5.91 Å². The number of pyridine rings is 1. The van der Waals surface area contributed by atoms with E-state index in [1.54, 1.807) is 13.0 Å². The summed E-state index contributed by atoms with van der Waals surface area (Å²) in [5.41, 5.74) is 0.170. The van der Waals surface area contributed by atoms with Crippen LogP contribution in [0.25, 0.3) is 0 Å². The van der Waals surface area contributed by atoms with E-state index in [1.165, 1.54) is 12.3 Å². The van der Waals surface area contributed by atoms with E-state index in [1.807, 2.05) is 6.92 Å². The fraction of sp³-hybridized carbons (Fsp3) is 0.571. The molecule has 0 aliphatic heterocycles. The molecule has 0 aliphatic carbocycles. The van der Waals surface area contributed by atoms with Crippen LogP contribution in [-0.2, 0) is 0 Å². The zero-order chi connectivity index (χ0) is 15.9. The molecule has 7 heteroatoms. The monoisotopic (exact) mass is 303 g/mol. The molecule has 0 bridgehead atoms. The van der Waals surface area contributed by atoms with Crippen molar-refractivity contribution in [3.05, 3.63) is 23.9 Å². The average molecular weight is 303 g/mol. The Morgan fingerprint density at radius 1 is 1.33 bits per heavy atom. The second kappa shape index (κ2) is 7.85. The van der Waals surface area contributed by atoms with E-state index in [0.717, 1.165) is 11.3 Å². The summed E-state index contributed by atoms with van der Waals surface area (Å²) in [5, 5.41) is 2.96. The van der Waals surface area contributed by atoms with Crippen LogP contribution >= 0.6 is 0 Å². The van der Waals surface area contributed by atoms with Crippen molar-refractivity contribution >= 4 is 11.7 Å². The molecule has 1 heterocycles. The molecule has 0 saturated heterocycles. The minimum Gasteiger partial charge on any atom is -0.369 e. The van der Waals surface area contributed by atoms with E-state index in [4.69, 9.17) is 0 Å². The smallest absolute Gasteiger partial charge is 0.369 e. The van der Waals surface area contributed by atoms with Crippen LogP contribution in [0.4, 0.5) is 19.0 Å². The zero-order valence-electron chi connectivity index (χ0n) is 12.2. The summed E-state index contributed by atoms with van der Waals surface area (Å²) < 4.78 is 37.7. The number of halogens is 3. The second-order valence-electron chi connectivity index (χ2n) is 4.67. The molecule has 0 aliphatic rings. The summed E-state index contributed by atoms with van der Waals surface area (Å²) in [4.78, 5) is 17.2. The first kappa shape index (κ1) is 17.3. The van der Waals surface area contributed by atoms with Gasteiger partial charge in [-0.15, -0.1) is 0 Å². The molecule has 118 valence electrons. The Labute approximate surface area is 122 Å². The summed E-state index contributed by atoms with van der Waals surface area (Å²) in [6.07, 6.45) is -1.63. The Morgan fingerprint density at radius 2 is 2.05 bits per heavy atom. The number of carbonyl (C=O) groups is 1. The van der Waals surface area contributed by atoms with Crippen molar-refractivity contribution in [2.24, 2.45) is 0 Å². The van der Waals surface area contributed by atoms with E-state index in [-0.39, 0.29) is 12.1 Å². The summed E-state index contributed by atoms with van der Waals surface area (Å²) in [6, 6.07) is 3.04. The maximum Gasteiger partial charge on any atom is 0.406 e. The van der Waals surface area contributed by atoms with Crippen molar-refractivity contribution < 1.29 is 18.0 Å². The lowest BCUT2D eigenvalue weighted by atomic mass is 10.2. The molecular formula is C14H20F3N3O. The van der Waals surface area contributed by atoms with Gasteiger partial charge in [-0.2, -0.15) is 13.2 Å². The predicted octanol–water partition coefficient (Wildman–Crippen LogP) is 3.32. The summed E-state index contributed by atoms with van der Waals surface area (Å²) in [7, 11) is 0. The highest BCUT2D eigenvalue weighted by Gasteiger charge is 2.33. The highest BCUT2D eigenvalue weighted by molar-refractivity contribution is 5.98. The van der Waals surface area contributed by atoms with E-state index in [0.29, 0.717) is 18.8 Å². The molecule has 21 heavy (non-hydrogen) atoms. The van der Waals surface area contributed by atoms with Gasteiger partial charge in [-0.25, -0.2) is 4.98 Å². The van der Waals surface area contributed by atoms with Crippen molar-refractivity contribution in [3.8, 4) is 0 Å². The molecule has 0 fully saturated rings. The van der Waals surface area contributed by atoms with Crippen LogP contribution in [0.15, 0.2) is 18.3 Å². The fourth-order valence-corrected chi connectivity index (χ4v) is 1.87. The van der Waals surface area contributed by atoms with Gasteiger partial charge in [0, 0.05) is 19.3 Å². The molecule has 0 atom stereocenters. The van der Waals surface area contributed by atoms with E-state index in [2.05, 4.69) is 10.3 Å². The van der Waals surface area contributed by atoms with Gasteiger partial charge < -0.3 is 10.2 Å². The number of hydrogen-bond donors (Lipinski definition) is 1. The molecule has 1 N–H and O–H groups in total. The minimum atomic E-state index is -4.41. The quantitative estimate of drug-likeness (QED) is 0.840. The predicted molar refractivity (Wildman–Crippen MR) is 75.3 cm³/mol. The number of rotatable bonds is 7. The minimum absolute atomic E-state index is 0.0560. The number of aromatic nitrogens is 1. The second-order valence-corrected chi connectivity index (χ2v) is 4.67. The number of carbonyl (C=O) groups excluding carboxylic acids is 1. The molecule has 0 unspecified atom stereocenters. The Bertz CT molecular complexity index is 463. The molecule has 1 aromatic heterocycles. The van der Waals surface area contributed by atoms with Gasteiger partial charge in [0.2, 0.25) is 0 Å². The van der Waals surface area contributed by atoms with Crippen LogP contribution in [0.2, 0.25) is 0 Å². The van der Waals surface area contributed by atoms with Crippen molar-refractivity contribution in [2.75, 3.05) is 25.0 Å². The first-order valence-corrected chi connectivity index (χ1v) is 6.94. The normalized spacial score (nSPS) is 11.3. The summed E-state index contributed by atoms with van der Waals surface area (Å²) >= 11 is 0. The lowest BCUT2D eigenvalue weighted by Crippen LogP contribution is -2.39. The molecule has 4 nitrogen and oxygen atoms in total. The first-order valence-electron chi connectivity index (χ1n) is 6.94. The number of nitrogens with one attached hydrogen (secondary N) is 1. The average Bonchev–Trinajstić information content (AvgIpc) is 2.43. The first-order chi connectivity index (χ1) is 9.89. The SMILES string of the molecule is CCCNc1ncccc1C(=O)N(CCC)CC(F)(F)F. The van der Waals surface area contributed by atoms with Gasteiger partial charge >= 0.3 is 6.18 Å². The van der Waals surface area contributed by atoms with Gasteiger partial charge in [0.05, 0.1) is 5.56 Å². The van der Waals surface area contributed by atoms with Crippen LogP contribution in [0.3, 0.4) is 0 Å². The largest absolute Gasteiger partial charge is 0.406 e. The van der Waals surface area contributed by atoms with Crippen molar-refractivity contribution in [1.29, 1.82) is 0 Å². The van der Waals surface area contributed by atoms with Crippen molar-refractivity contribution in [3.63, 3.8) is 0 Å². The van der Waals surface area contributed by atoms with E-state index >= 15 is 0 Å². The lowest BCUT2D eigenvalue weighted by Gasteiger charge is -2.24. The van der Waals surface area contributed by atoms with Gasteiger partial charge in [-0.05, 0) is 25.0 Å². The third kappa shape index (κ3) is 5.61. The maximum absolute atomic E-state index is 12.6. The van der Waals surface area contributed by atoms with Crippen LogP contribution in [-0.4, -0.2) is 41.6 Å². The van der Waals surface area contributed by atoms with Crippen LogP contribution in [0.5, 0.6) is 0 Å². The maximum atomic E-state index is 12.6. The number of alkyl halides is 3. The Hall–Kier alpha value is -1.79. The Kier molecular flexibility index (Phi) is 6.45. The molecule has 1 amide bonds. The van der Waals surface area contributed by atoms with Crippen LogP contribution in [0.1, 0.15) is 37.0 Å². The Morgan fingerprint density at radius 3 is 2.62 bits per heavy atom. The van der Waals surface area contributed by atoms with Gasteiger partial charge in [0.1, 0.15) is 12.4 Å². The van der Waals surface area contributed by atoms with Crippen molar-refractivity contribution in [2.45, 2.75) is 32.9 Å². The fourth-order valence-electron chi connectivity index (χ4n) is 1.87. The third-order valence-electron chi connectivity index (χ3n) is 2.73. The van der Waals surface area contributed by atoms with Crippen LogP contribution < -0.4 is 5.32 Å². The zero-order valence-corrected chi connectivity index (χ0v) is 12.2.